The Morgan fingerprint density at radius 2 is 1.97 bits per heavy atom. The van der Waals surface area contributed by atoms with Gasteiger partial charge in [0.05, 0.1) is 23.6 Å². The summed E-state index contributed by atoms with van der Waals surface area (Å²) in [6, 6.07) is 13.5. The van der Waals surface area contributed by atoms with Gasteiger partial charge in [-0.2, -0.15) is 0 Å². The van der Waals surface area contributed by atoms with Crippen LogP contribution in [0.15, 0.2) is 47.5 Å². The highest BCUT2D eigenvalue weighted by molar-refractivity contribution is 5.96. The molecule has 8 heteroatoms. The third-order valence-electron chi connectivity index (χ3n) is 5.53. The molecule has 30 heavy (non-hydrogen) atoms. The number of amides is 2. The van der Waals surface area contributed by atoms with Crippen LogP contribution >= 0.6 is 12.4 Å². The van der Waals surface area contributed by atoms with Crippen molar-refractivity contribution in [3.8, 4) is 0 Å². The number of hydrogen-bond acceptors (Lipinski definition) is 4. The molecule has 0 aromatic heterocycles. The fourth-order valence-corrected chi connectivity index (χ4v) is 3.87. The van der Waals surface area contributed by atoms with Crippen molar-refractivity contribution in [1.29, 1.82) is 0 Å². The van der Waals surface area contributed by atoms with Crippen LogP contribution in [0.5, 0.6) is 0 Å². The molecule has 0 spiro atoms. The number of carbonyl (C=O) groups excluding carboxylic acids is 1. The van der Waals surface area contributed by atoms with Crippen LogP contribution in [-0.2, 0) is 16.8 Å². The number of aliphatic imine (C=N–C) groups is 1. The third-order valence-corrected chi connectivity index (χ3v) is 5.53. The van der Waals surface area contributed by atoms with E-state index in [1.807, 2.05) is 42.5 Å². The molecule has 2 aromatic carbocycles. The van der Waals surface area contributed by atoms with Crippen LogP contribution in [0.3, 0.4) is 0 Å². The minimum Gasteiger partial charge on any atom is -0.481 e. The van der Waals surface area contributed by atoms with Crippen LogP contribution in [0.1, 0.15) is 43.0 Å². The zero-order valence-electron chi connectivity index (χ0n) is 16.9. The smallest absolute Gasteiger partial charge is 0.322 e. The summed E-state index contributed by atoms with van der Waals surface area (Å²) in [6.45, 7) is 4.70. The monoisotopic (exact) mass is 428 g/mol. The van der Waals surface area contributed by atoms with E-state index in [4.69, 9.17) is 5.11 Å². The normalized spacial score (nSPS) is 18.8. The maximum atomic E-state index is 12.6. The van der Waals surface area contributed by atoms with Gasteiger partial charge in [-0.15, -0.1) is 12.4 Å². The zero-order chi connectivity index (χ0) is 20.6. The van der Waals surface area contributed by atoms with Crippen molar-refractivity contribution in [1.82, 2.24) is 10.6 Å². The molecule has 2 aliphatic heterocycles. The van der Waals surface area contributed by atoms with Gasteiger partial charge in [0.25, 0.3) is 0 Å². The molecule has 1 unspecified atom stereocenters. The van der Waals surface area contributed by atoms with Gasteiger partial charge in [0, 0.05) is 24.2 Å². The number of carboxylic acids is 1. The Morgan fingerprint density at radius 3 is 2.67 bits per heavy atom. The Labute approximate surface area is 181 Å². The van der Waals surface area contributed by atoms with Crippen molar-refractivity contribution in [2.24, 2.45) is 4.99 Å². The first-order valence-electron chi connectivity index (χ1n) is 9.67. The van der Waals surface area contributed by atoms with E-state index in [9.17, 15) is 9.59 Å². The molecule has 1 fully saturated rings. The lowest BCUT2D eigenvalue weighted by molar-refractivity contribution is -0.136. The van der Waals surface area contributed by atoms with Gasteiger partial charge in [0.1, 0.15) is 0 Å². The number of nitrogens with zero attached hydrogens (tertiary/aromatic N) is 2. The molecule has 7 nitrogen and oxygen atoms in total. The lowest BCUT2D eigenvalue weighted by Crippen LogP contribution is -2.37. The number of aliphatic carboxylic acids is 1. The Balaban J connectivity index is 0.00000256. The van der Waals surface area contributed by atoms with E-state index in [1.54, 1.807) is 11.2 Å². The number of anilines is 1. The number of urea groups is 1. The van der Waals surface area contributed by atoms with Crippen LogP contribution in [-0.4, -0.2) is 30.0 Å². The summed E-state index contributed by atoms with van der Waals surface area (Å²) >= 11 is 0. The number of carbonyl (C=O) groups is 2. The van der Waals surface area contributed by atoms with Crippen LogP contribution in [0.2, 0.25) is 0 Å². The second-order valence-corrected chi connectivity index (χ2v) is 7.94. The van der Waals surface area contributed by atoms with Gasteiger partial charge >= 0.3 is 12.0 Å². The molecule has 4 rings (SSSR count). The number of nitrogens with one attached hydrogen (secondary N) is 2. The van der Waals surface area contributed by atoms with Crippen LogP contribution < -0.4 is 15.5 Å². The number of fused-ring (bicyclic) bond motifs is 1. The molecule has 2 amide bonds. The predicted octanol–water partition coefficient (Wildman–Crippen LogP) is 3.89. The Morgan fingerprint density at radius 1 is 1.23 bits per heavy atom. The quantitative estimate of drug-likeness (QED) is 0.673. The molecule has 2 aliphatic rings. The Hall–Kier alpha value is -3.06. The lowest BCUT2D eigenvalue weighted by atomic mass is 9.91. The summed E-state index contributed by atoms with van der Waals surface area (Å²) < 4.78 is 0. The molecule has 1 atom stereocenters. The molecule has 2 aromatic rings. The first-order valence-corrected chi connectivity index (χ1v) is 9.67. The van der Waals surface area contributed by atoms with Crippen molar-refractivity contribution in [2.75, 3.05) is 11.4 Å². The Kier molecular flexibility index (Phi) is 6.03. The highest BCUT2D eigenvalue weighted by Gasteiger charge is 2.34. The number of benzene rings is 2. The Bertz CT molecular complexity index is 988. The van der Waals surface area contributed by atoms with Crippen molar-refractivity contribution in [3.63, 3.8) is 0 Å². The van der Waals surface area contributed by atoms with E-state index in [-0.39, 0.29) is 36.4 Å². The van der Waals surface area contributed by atoms with Crippen LogP contribution in [0.4, 0.5) is 16.2 Å². The van der Waals surface area contributed by atoms with Gasteiger partial charge in [-0.05, 0) is 43.5 Å². The summed E-state index contributed by atoms with van der Waals surface area (Å²) in [5.74, 6) is -0.806. The molecule has 0 saturated carbocycles. The fraction of sp³-hybridized carbons (Fsp3) is 0.318. The zero-order valence-corrected chi connectivity index (χ0v) is 17.7. The third kappa shape index (κ3) is 4.11. The molecule has 158 valence electrons. The van der Waals surface area contributed by atoms with Gasteiger partial charge < -0.3 is 15.7 Å². The first kappa shape index (κ1) is 21.6. The van der Waals surface area contributed by atoms with Gasteiger partial charge in [-0.3, -0.25) is 9.69 Å². The van der Waals surface area contributed by atoms with Crippen molar-refractivity contribution in [3.05, 3.63) is 59.2 Å². The largest absolute Gasteiger partial charge is 0.481 e. The SMILES string of the molecule is CC1(C)NC=Nc2cc(N3C(=O)NCC3c3ccc(CCC(=O)O)cc3)ccc21.Cl. The maximum Gasteiger partial charge on any atom is 0.322 e. The lowest BCUT2D eigenvalue weighted by Gasteiger charge is -2.31. The van der Waals surface area contributed by atoms with Crippen molar-refractivity contribution in [2.45, 2.75) is 38.3 Å². The number of rotatable bonds is 5. The average molecular weight is 429 g/mol. The van der Waals surface area contributed by atoms with Gasteiger partial charge in [-0.25, -0.2) is 9.79 Å². The van der Waals surface area contributed by atoms with Gasteiger partial charge in [0.2, 0.25) is 0 Å². The van der Waals surface area contributed by atoms with Crippen molar-refractivity contribution < 1.29 is 14.7 Å². The first-order chi connectivity index (χ1) is 13.8. The van der Waals surface area contributed by atoms with E-state index in [0.717, 1.165) is 28.1 Å². The topological polar surface area (TPSA) is 94.0 Å². The van der Waals surface area contributed by atoms with Gasteiger partial charge in [0.15, 0.2) is 0 Å². The summed E-state index contributed by atoms with van der Waals surface area (Å²) in [6.07, 6.45) is 2.30. The van der Waals surface area contributed by atoms with Crippen LogP contribution in [0, 0.1) is 0 Å². The maximum absolute atomic E-state index is 12.6. The van der Waals surface area contributed by atoms with E-state index >= 15 is 0 Å². The summed E-state index contributed by atoms with van der Waals surface area (Å²) in [4.78, 5) is 29.6. The minimum atomic E-state index is -0.806. The molecule has 3 N–H and O–H groups in total. The molecule has 2 heterocycles. The second kappa shape index (κ2) is 8.36. The molecular formula is C22H25ClN4O3. The number of halogens is 1. The summed E-state index contributed by atoms with van der Waals surface area (Å²) in [5, 5.41) is 15.0. The van der Waals surface area contributed by atoms with Crippen molar-refractivity contribution >= 4 is 42.1 Å². The van der Waals surface area contributed by atoms with Gasteiger partial charge in [-0.1, -0.05) is 30.3 Å². The number of hydrogen-bond donors (Lipinski definition) is 3. The highest BCUT2D eigenvalue weighted by atomic mass is 35.5. The summed E-state index contributed by atoms with van der Waals surface area (Å²) in [5.41, 5.74) is 4.50. The predicted molar refractivity (Wildman–Crippen MR) is 119 cm³/mol. The molecule has 0 radical (unpaired) electrons. The van der Waals surface area contributed by atoms with E-state index in [1.165, 1.54) is 0 Å². The molecular weight excluding hydrogens is 404 g/mol. The second-order valence-electron chi connectivity index (χ2n) is 7.94. The van der Waals surface area contributed by atoms with E-state index in [0.29, 0.717) is 13.0 Å². The molecule has 0 bridgehead atoms. The standard InChI is InChI=1S/C22H24N4O3.ClH/c1-22(2)17-9-8-16(11-18(17)24-13-25-22)26-19(12-23-21(26)29)15-6-3-14(4-7-15)5-10-20(27)28;/h3-4,6-9,11,13,19H,5,10,12H2,1-2H3,(H,23,29)(H,24,25)(H,27,28);1H. The van der Waals surface area contributed by atoms with E-state index in [2.05, 4.69) is 29.5 Å². The molecule has 0 aliphatic carbocycles. The minimum absolute atomic E-state index is 0. The van der Waals surface area contributed by atoms with Crippen LogP contribution in [0.25, 0.3) is 0 Å². The average Bonchev–Trinajstić information content (AvgIpc) is 3.07. The fourth-order valence-electron chi connectivity index (χ4n) is 3.87. The highest BCUT2D eigenvalue weighted by Crippen LogP contribution is 2.38. The van der Waals surface area contributed by atoms with E-state index < -0.39 is 5.97 Å². The number of carboxylic acid groups (broad SMARTS) is 1. The number of aryl methyl sites for hydroxylation is 1. The summed E-state index contributed by atoms with van der Waals surface area (Å²) in [7, 11) is 0. The molecule has 1 saturated heterocycles.